The molecule has 0 bridgehead atoms. The van der Waals surface area contributed by atoms with Gasteiger partial charge in [0.05, 0.1) is 3.79 Å². The van der Waals surface area contributed by atoms with Crippen LogP contribution in [0.5, 0.6) is 0 Å². The molecular formula is C10H13BrN2OS. The number of hydrogen-bond donors (Lipinski definition) is 2. The summed E-state index contributed by atoms with van der Waals surface area (Å²) in [6, 6.07) is 2.37. The van der Waals surface area contributed by atoms with Gasteiger partial charge in [-0.1, -0.05) is 0 Å². The van der Waals surface area contributed by atoms with Crippen LogP contribution in [0.4, 0.5) is 4.79 Å². The average Bonchev–Trinajstić information content (AvgIpc) is 2.55. The van der Waals surface area contributed by atoms with E-state index in [-0.39, 0.29) is 6.03 Å². The normalized spacial score (nSPS) is 15.8. The van der Waals surface area contributed by atoms with E-state index in [0.29, 0.717) is 12.6 Å². The van der Waals surface area contributed by atoms with Crippen molar-refractivity contribution >= 4 is 33.3 Å². The van der Waals surface area contributed by atoms with Crippen molar-refractivity contribution in [3.8, 4) is 0 Å². The number of thiophene rings is 1. The molecule has 2 amide bonds. The van der Waals surface area contributed by atoms with Crippen molar-refractivity contribution < 1.29 is 4.79 Å². The second-order valence-corrected chi connectivity index (χ2v) is 6.00. The molecule has 2 N–H and O–H groups in total. The molecule has 1 saturated carbocycles. The van der Waals surface area contributed by atoms with Crippen molar-refractivity contribution in [3.63, 3.8) is 0 Å². The lowest BCUT2D eigenvalue weighted by Gasteiger charge is -2.26. The smallest absolute Gasteiger partial charge is 0.315 e. The maximum Gasteiger partial charge on any atom is 0.315 e. The van der Waals surface area contributed by atoms with E-state index in [9.17, 15) is 4.79 Å². The Morgan fingerprint density at radius 1 is 1.60 bits per heavy atom. The molecule has 1 aliphatic rings. The van der Waals surface area contributed by atoms with Gasteiger partial charge >= 0.3 is 6.03 Å². The SMILES string of the molecule is O=C(NCc1csc(Br)c1)NC1CCC1. The van der Waals surface area contributed by atoms with Gasteiger partial charge in [0.2, 0.25) is 0 Å². The first-order valence-corrected chi connectivity index (χ1v) is 6.68. The molecule has 1 aromatic heterocycles. The van der Waals surface area contributed by atoms with Crippen molar-refractivity contribution in [2.24, 2.45) is 0 Å². The van der Waals surface area contributed by atoms with Gasteiger partial charge in [0.25, 0.3) is 0 Å². The van der Waals surface area contributed by atoms with Crippen molar-refractivity contribution in [2.45, 2.75) is 31.8 Å². The van der Waals surface area contributed by atoms with Gasteiger partial charge in [-0.25, -0.2) is 4.79 Å². The van der Waals surface area contributed by atoms with E-state index < -0.39 is 0 Å². The van der Waals surface area contributed by atoms with Crippen LogP contribution in [0.1, 0.15) is 24.8 Å². The van der Waals surface area contributed by atoms with E-state index in [1.54, 1.807) is 11.3 Å². The van der Waals surface area contributed by atoms with E-state index in [1.165, 1.54) is 6.42 Å². The number of halogens is 1. The fourth-order valence-corrected chi connectivity index (χ4v) is 2.62. The molecule has 0 aliphatic heterocycles. The van der Waals surface area contributed by atoms with Crippen LogP contribution in [0, 0.1) is 0 Å². The summed E-state index contributed by atoms with van der Waals surface area (Å²) < 4.78 is 1.10. The Morgan fingerprint density at radius 3 is 2.93 bits per heavy atom. The quantitative estimate of drug-likeness (QED) is 0.882. The Bertz CT molecular complexity index is 349. The summed E-state index contributed by atoms with van der Waals surface area (Å²) in [6.45, 7) is 0.598. The van der Waals surface area contributed by atoms with E-state index in [4.69, 9.17) is 0 Å². The largest absolute Gasteiger partial charge is 0.335 e. The number of urea groups is 1. The fraction of sp³-hybridized carbons (Fsp3) is 0.500. The lowest BCUT2D eigenvalue weighted by atomic mass is 9.93. The molecule has 0 radical (unpaired) electrons. The first-order valence-electron chi connectivity index (χ1n) is 5.01. The van der Waals surface area contributed by atoms with Gasteiger partial charge < -0.3 is 10.6 Å². The minimum Gasteiger partial charge on any atom is -0.335 e. The number of carbonyl (C=O) groups is 1. The first kappa shape index (κ1) is 11.0. The molecule has 1 heterocycles. The Balaban J connectivity index is 1.70. The van der Waals surface area contributed by atoms with Gasteiger partial charge in [-0.3, -0.25) is 0 Å². The molecule has 3 nitrogen and oxygen atoms in total. The monoisotopic (exact) mass is 288 g/mol. The van der Waals surface area contributed by atoms with Gasteiger partial charge in [0, 0.05) is 12.6 Å². The third-order valence-corrected chi connectivity index (χ3v) is 4.07. The summed E-state index contributed by atoms with van der Waals surface area (Å²) in [4.78, 5) is 11.4. The molecule has 0 saturated heterocycles. The maximum atomic E-state index is 11.4. The number of nitrogens with one attached hydrogen (secondary N) is 2. The van der Waals surface area contributed by atoms with Crippen LogP contribution in [0.15, 0.2) is 15.2 Å². The summed E-state index contributed by atoms with van der Waals surface area (Å²) in [6.07, 6.45) is 3.48. The average molecular weight is 289 g/mol. The predicted octanol–water partition coefficient (Wildman–Crippen LogP) is 2.86. The zero-order valence-electron chi connectivity index (χ0n) is 8.25. The Kier molecular flexibility index (Phi) is 3.64. The molecule has 0 atom stereocenters. The van der Waals surface area contributed by atoms with Crippen LogP contribution in [0.3, 0.4) is 0 Å². The number of carbonyl (C=O) groups excluding carboxylic acids is 1. The van der Waals surface area contributed by atoms with Crippen molar-refractivity contribution in [3.05, 3.63) is 20.8 Å². The summed E-state index contributed by atoms with van der Waals surface area (Å²) in [7, 11) is 0. The van der Waals surface area contributed by atoms with E-state index in [0.717, 1.165) is 22.2 Å². The molecule has 5 heteroatoms. The molecule has 82 valence electrons. The van der Waals surface area contributed by atoms with Crippen LogP contribution in [0.2, 0.25) is 0 Å². The van der Waals surface area contributed by atoms with Gasteiger partial charge in [0.1, 0.15) is 0 Å². The first-order chi connectivity index (χ1) is 7.24. The standard InChI is InChI=1S/C10H13BrN2OS/c11-9-4-7(6-15-9)5-12-10(14)13-8-2-1-3-8/h4,6,8H,1-3,5H2,(H2,12,13,14). The molecule has 2 rings (SSSR count). The van der Waals surface area contributed by atoms with E-state index in [1.807, 2.05) is 11.4 Å². The minimum atomic E-state index is -0.0537. The summed E-state index contributed by atoms with van der Waals surface area (Å²) in [5.41, 5.74) is 1.13. The zero-order valence-corrected chi connectivity index (χ0v) is 10.7. The third-order valence-electron chi connectivity index (χ3n) is 2.52. The Labute approximate surface area is 101 Å². The molecule has 0 unspecified atom stereocenters. The molecule has 0 aromatic carbocycles. The topological polar surface area (TPSA) is 41.1 Å². The van der Waals surface area contributed by atoms with Gasteiger partial charge in [0.15, 0.2) is 0 Å². The van der Waals surface area contributed by atoms with Gasteiger partial charge in [-0.2, -0.15) is 0 Å². The summed E-state index contributed by atoms with van der Waals surface area (Å²) >= 11 is 5.02. The third kappa shape index (κ3) is 3.21. The highest BCUT2D eigenvalue weighted by molar-refractivity contribution is 9.11. The van der Waals surface area contributed by atoms with Crippen LogP contribution >= 0.6 is 27.3 Å². The van der Waals surface area contributed by atoms with Crippen molar-refractivity contribution in [2.75, 3.05) is 0 Å². The van der Waals surface area contributed by atoms with Crippen LogP contribution in [0.25, 0.3) is 0 Å². The number of rotatable bonds is 3. The molecule has 1 aliphatic carbocycles. The highest BCUT2D eigenvalue weighted by atomic mass is 79.9. The predicted molar refractivity (Wildman–Crippen MR) is 65.0 cm³/mol. The lowest BCUT2D eigenvalue weighted by molar-refractivity contribution is 0.228. The van der Waals surface area contributed by atoms with E-state index in [2.05, 4.69) is 26.6 Å². The van der Waals surface area contributed by atoms with Crippen molar-refractivity contribution in [1.29, 1.82) is 0 Å². The summed E-state index contributed by atoms with van der Waals surface area (Å²) in [5.74, 6) is 0. The molecule has 15 heavy (non-hydrogen) atoms. The minimum absolute atomic E-state index is 0.0537. The second-order valence-electron chi connectivity index (χ2n) is 3.71. The fourth-order valence-electron chi connectivity index (χ4n) is 1.41. The molecular weight excluding hydrogens is 276 g/mol. The molecule has 0 spiro atoms. The van der Waals surface area contributed by atoms with Crippen LogP contribution in [-0.2, 0) is 6.54 Å². The molecule has 1 fully saturated rings. The zero-order chi connectivity index (χ0) is 10.7. The summed E-state index contributed by atoms with van der Waals surface area (Å²) in [5, 5.41) is 7.82. The van der Waals surface area contributed by atoms with Crippen LogP contribution < -0.4 is 10.6 Å². The highest BCUT2D eigenvalue weighted by Gasteiger charge is 2.18. The van der Waals surface area contributed by atoms with Crippen LogP contribution in [-0.4, -0.2) is 12.1 Å². The number of hydrogen-bond acceptors (Lipinski definition) is 2. The number of amides is 2. The van der Waals surface area contributed by atoms with Gasteiger partial charge in [-0.15, -0.1) is 11.3 Å². The Morgan fingerprint density at radius 2 is 2.40 bits per heavy atom. The second kappa shape index (κ2) is 4.99. The highest BCUT2D eigenvalue weighted by Crippen LogP contribution is 2.20. The van der Waals surface area contributed by atoms with Crippen molar-refractivity contribution in [1.82, 2.24) is 10.6 Å². The Hall–Kier alpha value is -0.550. The van der Waals surface area contributed by atoms with Gasteiger partial charge in [-0.05, 0) is 52.2 Å². The van der Waals surface area contributed by atoms with E-state index >= 15 is 0 Å². The molecule has 1 aromatic rings. The lowest BCUT2D eigenvalue weighted by Crippen LogP contribution is -2.44. The maximum absolute atomic E-state index is 11.4.